The van der Waals surface area contributed by atoms with Crippen molar-refractivity contribution in [2.45, 2.75) is 29.4 Å². The molecule has 0 bridgehead atoms. The summed E-state index contributed by atoms with van der Waals surface area (Å²) in [7, 11) is 0. The Morgan fingerprint density at radius 3 is 2.85 bits per heavy atom. The first-order chi connectivity index (χ1) is 9.74. The van der Waals surface area contributed by atoms with Crippen molar-refractivity contribution < 1.29 is 4.79 Å². The van der Waals surface area contributed by atoms with Crippen LogP contribution in [0, 0.1) is 6.92 Å². The van der Waals surface area contributed by atoms with Gasteiger partial charge in [0.1, 0.15) is 5.51 Å². The second-order valence-electron chi connectivity index (χ2n) is 4.78. The molecule has 104 valence electrons. The second-order valence-corrected chi connectivity index (χ2v) is 7.06. The number of carbonyl (C=O) groups excluding carboxylic acids is 1. The smallest absolute Gasteiger partial charge is 0.240 e. The Kier molecular flexibility index (Phi) is 4.03. The third kappa shape index (κ3) is 2.86. The Morgan fingerprint density at radius 2 is 2.15 bits per heavy atom. The van der Waals surface area contributed by atoms with E-state index >= 15 is 0 Å². The summed E-state index contributed by atoms with van der Waals surface area (Å²) in [6, 6.07) is 8.13. The number of aryl methyl sites for hydroxylation is 1. The Bertz CT molecular complexity index is 583. The molecule has 1 unspecified atom stereocenters. The topological polar surface area (TPSA) is 46.1 Å². The van der Waals surface area contributed by atoms with Crippen LogP contribution in [-0.4, -0.2) is 27.9 Å². The van der Waals surface area contributed by atoms with Crippen molar-refractivity contribution >= 4 is 34.7 Å². The first-order valence-electron chi connectivity index (χ1n) is 6.55. The molecule has 1 amide bonds. The van der Waals surface area contributed by atoms with Gasteiger partial charge in [-0.15, -0.1) is 10.2 Å². The normalized spacial score (nSPS) is 19.4. The summed E-state index contributed by atoms with van der Waals surface area (Å²) in [5.41, 5.74) is 3.90. The van der Waals surface area contributed by atoms with E-state index in [2.05, 4.69) is 17.1 Å². The first kappa shape index (κ1) is 13.6. The highest BCUT2D eigenvalue weighted by Gasteiger charge is 2.31. The van der Waals surface area contributed by atoms with Crippen molar-refractivity contribution in [2.75, 3.05) is 11.4 Å². The van der Waals surface area contributed by atoms with E-state index in [1.54, 1.807) is 5.51 Å². The average Bonchev–Trinajstić information content (AvgIpc) is 2.95. The van der Waals surface area contributed by atoms with Gasteiger partial charge in [-0.25, -0.2) is 0 Å². The van der Waals surface area contributed by atoms with E-state index in [-0.39, 0.29) is 11.2 Å². The maximum Gasteiger partial charge on any atom is 0.240 e. The third-order valence-corrected chi connectivity index (χ3v) is 5.38. The highest BCUT2D eigenvalue weighted by Crippen LogP contribution is 2.32. The summed E-state index contributed by atoms with van der Waals surface area (Å²) >= 11 is 3.02. The quantitative estimate of drug-likeness (QED) is 0.874. The van der Waals surface area contributed by atoms with E-state index in [1.807, 2.05) is 29.2 Å². The summed E-state index contributed by atoms with van der Waals surface area (Å²) < 4.78 is 0.870. The number of thioether (sulfide) groups is 1. The van der Waals surface area contributed by atoms with Crippen molar-refractivity contribution in [1.29, 1.82) is 0 Å². The number of rotatable bonds is 3. The number of amides is 1. The molecule has 1 aromatic carbocycles. The van der Waals surface area contributed by atoms with Gasteiger partial charge in [0, 0.05) is 12.2 Å². The largest absolute Gasteiger partial charge is 0.311 e. The fraction of sp³-hybridized carbons (Fsp3) is 0.357. The van der Waals surface area contributed by atoms with Gasteiger partial charge in [0.05, 0.1) is 5.25 Å². The maximum atomic E-state index is 12.6. The van der Waals surface area contributed by atoms with Gasteiger partial charge in [-0.2, -0.15) is 0 Å². The van der Waals surface area contributed by atoms with Crippen LogP contribution < -0.4 is 4.90 Å². The zero-order chi connectivity index (χ0) is 13.9. The van der Waals surface area contributed by atoms with Crippen molar-refractivity contribution in [3.05, 3.63) is 35.3 Å². The Balaban J connectivity index is 1.76. The lowest BCUT2D eigenvalue weighted by Crippen LogP contribution is -2.42. The van der Waals surface area contributed by atoms with Crippen molar-refractivity contribution in [3.63, 3.8) is 0 Å². The van der Waals surface area contributed by atoms with E-state index in [4.69, 9.17) is 0 Å². The van der Waals surface area contributed by atoms with Gasteiger partial charge in [-0.3, -0.25) is 4.79 Å². The van der Waals surface area contributed by atoms with Crippen LogP contribution in [0.4, 0.5) is 5.69 Å². The molecule has 0 spiro atoms. The fourth-order valence-electron chi connectivity index (χ4n) is 2.27. The number of benzene rings is 1. The van der Waals surface area contributed by atoms with E-state index in [1.165, 1.54) is 28.7 Å². The van der Waals surface area contributed by atoms with Gasteiger partial charge >= 0.3 is 0 Å². The molecule has 1 atom stereocenters. The van der Waals surface area contributed by atoms with Crippen LogP contribution in [0.25, 0.3) is 0 Å². The Hall–Kier alpha value is -1.40. The summed E-state index contributed by atoms with van der Waals surface area (Å²) in [4.78, 5) is 14.5. The molecule has 1 fully saturated rings. The summed E-state index contributed by atoms with van der Waals surface area (Å²) in [6.07, 6.45) is 1.93. The number of anilines is 1. The molecule has 6 heteroatoms. The highest BCUT2D eigenvalue weighted by molar-refractivity contribution is 8.02. The van der Waals surface area contributed by atoms with E-state index in [0.29, 0.717) is 0 Å². The van der Waals surface area contributed by atoms with Crippen molar-refractivity contribution in [3.8, 4) is 0 Å². The molecule has 0 aliphatic carbocycles. The van der Waals surface area contributed by atoms with Crippen LogP contribution >= 0.6 is 23.1 Å². The molecule has 1 aromatic heterocycles. The fourth-order valence-corrected chi connectivity index (χ4v) is 4.10. The minimum Gasteiger partial charge on any atom is -0.311 e. The molecule has 1 saturated heterocycles. The summed E-state index contributed by atoms with van der Waals surface area (Å²) in [6.45, 7) is 2.85. The predicted octanol–water partition coefficient (Wildman–Crippen LogP) is 3.13. The van der Waals surface area contributed by atoms with Crippen LogP contribution in [0.2, 0.25) is 0 Å². The summed E-state index contributed by atoms with van der Waals surface area (Å²) in [5, 5.41) is 7.79. The molecule has 0 radical (unpaired) electrons. The van der Waals surface area contributed by atoms with E-state index in [9.17, 15) is 4.79 Å². The first-order valence-corrected chi connectivity index (χ1v) is 8.31. The number of nitrogens with zero attached hydrogens (tertiary/aromatic N) is 3. The van der Waals surface area contributed by atoms with Gasteiger partial charge in [-0.1, -0.05) is 40.8 Å². The minimum absolute atomic E-state index is 0.0435. The number of carbonyl (C=O) groups is 1. The molecule has 1 aliphatic rings. The average molecular weight is 305 g/mol. The van der Waals surface area contributed by atoms with Crippen LogP contribution in [0.1, 0.15) is 18.4 Å². The third-order valence-electron chi connectivity index (χ3n) is 3.32. The molecular weight excluding hydrogens is 290 g/mol. The molecule has 2 heterocycles. The van der Waals surface area contributed by atoms with Gasteiger partial charge in [-0.05, 0) is 31.9 Å². The molecule has 4 nitrogen and oxygen atoms in total. The van der Waals surface area contributed by atoms with Gasteiger partial charge < -0.3 is 4.90 Å². The van der Waals surface area contributed by atoms with E-state index in [0.717, 1.165) is 29.4 Å². The van der Waals surface area contributed by atoms with Crippen molar-refractivity contribution in [2.24, 2.45) is 0 Å². The molecule has 20 heavy (non-hydrogen) atoms. The standard InChI is InChI=1S/C14H15N3OS2/c1-10-4-6-11(7-5-10)17-8-2-3-12(13(17)18)20-14-16-15-9-19-14/h4-7,9,12H,2-3,8H2,1H3. The lowest BCUT2D eigenvalue weighted by atomic mass is 10.1. The lowest BCUT2D eigenvalue weighted by molar-refractivity contribution is -0.119. The SMILES string of the molecule is Cc1ccc(N2CCCC(Sc3nncs3)C2=O)cc1. The monoisotopic (exact) mass is 305 g/mol. The van der Waals surface area contributed by atoms with Crippen LogP contribution in [0.5, 0.6) is 0 Å². The number of hydrogen-bond donors (Lipinski definition) is 0. The molecule has 1 aliphatic heterocycles. The number of hydrogen-bond acceptors (Lipinski definition) is 5. The Morgan fingerprint density at radius 1 is 1.35 bits per heavy atom. The van der Waals surface area contributed by atoms with Gasteiger partial charge in [0.25, 0.3) is 0 Å². The van der Waals surface area contributed by atoms with Gasteiger partial charge in [0.15, 0.2) is 4.34 Å². The van der Waals surface area contributed by atoms with Crippen LogP contribution in [-0.2, 0) is 4.79 Å². The zero-order valence-electron chi connectivity index (χ0n) is 11.2. The lowest BCUT2D eigenvalue weighted by Gasteiger charge is -2.31. The molecule has 2 aromatic rings. The Labute approximate surface area is 126 Å². The van der Waals surface area contributed by atoms with Crippen LogP contribution in [0.3, 0.4) is 0 Å². The maximum absolute atomic E-state index is 12.6. The summed E-state index contributed by atoms with van der Waals surface area (Å²) in [5.74, 6) is 0.181. The molecule has 3 rings (SSSR count). The predicted molar refractivity (Wildman–Crippen MR) is 82.3 cm³/mol. The van der Waals surface area contributed by atoms with E-state index < -0.39 is 0 Å². The van der Waals surface area contributed by atoms with Gasteiger partial charge in [0.2, 0.25) is 5.91 Å². The molecule has 0 saturated carbocycles. The highest BCUT2D eigenvalue weighted by atomic mass is 32.2. The van der Waals surface area contributed by atoms with Crippen LogP contribution in [0.15, 0.2) is 34.1 Å². The van der Waals surface area contributed by atoms with Crippen molar-refractivity contribution in [1.82, 2.24) is 10.2 Å². The molecule has 0 N–H and O–H groups in total. The number of piperidine rings is 1. The second kappa shape index (κ2) is 5.93. The zero-order valence-corrected chi connectivity index (χ0v) is 12.8. The number of aromatic nitrogens is 2. The molecular formula is C14H15N3OS2. The minimum atomic E-state index is -0.0435.